The van der Waals surface area contributed by atoms with Crippen molar-refractivity contribution in [3.05, 3.63) is 71.9 Å². The van der Waals surface area contributed by atoms with Crippen molar-refractivity contribution in [1.82, 2.24) is 9.97 Å². The highest BCUT2D eigenvalue weighted by Crippen LogP contribution is 2.17. The van der Waals surface area contributed by atoms with E-state index in [1.807, 2.05) is 24.3 Å². The van der Waals surface area contributed by atoms with Crippen LogP contribution in [0.5, 0.6) is 0 Å². The zero-order valence-corrected chi connectivity index (χ0v) is 10.6. The van der Waals surface area contributed by atoms with Crippen LogP contribution in [-0.4, -0.2) is 15.8 Å². The molecule has 0 amide bonds. The van der Waals surface area contributed by atoms with Crippen LogP contribution in [-0.2, 0) is 6.42 Å². The van der Waals surface area contributed by atoms with Gasteiger partial charge in [-0.15, -0.1) is 0 Å². The lowest BCUT2D eigenvalue weighted by atomic mass is 10.0. The molecule has 0 radical (unpaired) electrons. The highest BCUT2D eigenvalue weighted by Gasteiger charge is 2.11. The minimum absolute atomic E-state index is 0.144. The fraction of sp³-hybridized carbons (Fsp3) is 0.0625. The third-order valence-electron chi connectivity index (χ3n) is 3.09. The number of aromatic nitrogens is 2. The second-order valence-electron chi connectivity index (χ2n) is 4.43. The van der Waals surface area contributed by atoms with Gasteiger partial charge < -0.3 is 0 Å². The highest BCUT2D eigenvalue weighted by atomic mass is 19.1. The summed E-state index contributed by atoms with van der Waals surface area (Å²) in [7, 11) is 0. The number of hydrogen-bond donors (Lipinski definition) is 0. The van der Waals surface area contributed by atoms with Crippen LogP contribution in [0.3, 0.4) is 0 Å². The number of carbonyl (C=O) groups is 1. The molecule has 0 aliphatic carbocycles. The van der Waals surface area contributed by atoms with Crippen LogP contribution in [0.1, 0.15) is 16.1 Å². The fourth-order valence-electron chi connectivity index (χ4n) is 2.14. The van der Waals surface area contributed by atoms with Crippen molar-refractivity contribution < 1.29 is 9.18 Å². The van der Waals surface area contributed by atoms with Crippen molar-refractivity contribution in [3.63, 3.8) is 0 Å². The molecular weight excluding hydrogens is 255 g/mol. The number of ketones is 1. The van der Waals surface area contributed by atoms with E-state index in [4.69, 9.17) is 0 Å². The maximum atomic E-state index is 13.0. The summed E-state index contributed by atoms with van der Waals surface area (Å²) in [5.74, 6) is -0.851. The molecule has 0 atom stereocenters. The van der Waals surface area contributed by atoms with Crippen molar-refractivity contribution >= 4 is 16.7 Å². The Morgan fingerprint density at radius 2 is 1.90 bits per heavy atom. The molecule has 0 fully saturated rings. The molecule has 3 rings (SSSR count). The average molecular weight is 266 g/mol. The summed E-state index contributed by atoms with van der Waals surface area (Å²) in [5, 5.41) is 0.930. The summed E-state index contributed by atoms with van der Waals surface area (Å²) < 4.78 is 13.0. The Kier molecular flexibility index (Phi) is 3.21. The number of Topliss-reactive ketones (excluding diaryl/α,β-unsaturated/α-hetero) is 1. The van der Waals surface area contributed by atoms with Crippen LogP contribution >= 0.6 is 0 Å². The lowest BCUT2D eigenvalue weighted by Gasteiger charge is -2.05. The Bertz CT molecular complexity index is 781. The quantitative estimate of drug-likeness (QED) is 0.540. The summed E-state index contributed by atoms with van der Waals surface area (Å²) >= 11 is 0. The largest absolute Gasteiger partial charge is 0.292 e. The summed E-state index contributed by atoms with van der Waals surface area (Å²) in [6, 6.07) is 13.6. The van der Waals surface area contributed by atoms with E-state index in [9.17, 15) is 9.18 Å². The average Bonchev–Trinajstić information content (AvgIpc) is 2.47. The molecule has 0 spiro atoms. The molecular formula is C16H11FN2O. The molecule has 0 aliphatic heterocycles. The predicted octanol–water partition coefficient (Wildman–Crippen LogP) is 3.19. The molecule has 3 nitrogen and oxygen atoms in total. The number of carbonyl (C=O) groups excluding carboxylic acids is 1. The van der Waals surface area contributed by atoms with Crippen molar-refractivity contribution in [2.75, 3.05) is 0 Å². The molecule has 0 saturated heterocycles. The Labute approximate surface area is 115 Å². The molecule has 2 heterocycles. The van der Waals surface area contributed by atoms with E-state index in [1.165, 1.54) is 18.2 Å². The summed E-state index contributed by atoms with van der Waals surface area (Å²) in [4.78, 5) is 20.0. The standard InChI is InChI=1S/C16H11FN2O/c17-16-7-3-6-14(19-16)15(20)10-11-8-9-18-13-5-2-1-4-12(11)13/h1-9H,10H2. The molecule has 98 valence electrons. The fourth-order valence-corrected chi connectivity index (χ4v) is 2.14. The Morgan fingerprint density at radius 3 is 2.75 bits per heavy atom. The number of para-hydroxylation sites is 1. The van der Waals surface area contributed by atoms with Crippen molar-refractivity contribution in [3.8, 4) is 0 Å². The topological polar surface area (TPSA) is 42.9 Å². The number of halogens is 1. The molecule has 20 heavy (non-hydrogen) atoms. The zero-order chi connectivity index (χ0) is 13.9. The molecule has 0 bridgehead atoms. The Balaban J connectivity index is 1.95. The van der Waals surface area contributed by atoms with Crippen LogP contribution in [0.25, 0.3) is 10.9 Å². The van der Waals surface area contributed by atoms with Crippen LogP contribution < -0.4 is 0 Å². The van der Waals surface area contributed by atoms with Crippen LogP contribution in [0.4, 0.5) is 4.39 Å². The molecule has 0 unspecified atom stereocenters. The smallest absolute Gasteiger partial charge is 0.213 e. The first-order chi connectivity index (χ1) is 9.74. The van der Waals surface area contributed by atoms with Crippen LogP contribution in [0, 0.1) is 5.95 Å². The minimum Gasteiger partial charge on any atom is -0.292 e. The maximum absolute atomic E-state index is 13.0. The van der Waals surface area contributed by atoms with Gasteiger partial charge in [0.05, 0.1) is 5.52 Å². The predicted molar refractivity (Wildman–Crippen MR) is 74.0 cm³/mol. The molecule has 0 saturated carbocycles. The zero-order valence-electron chi connectivity index (χ0n) is 10.6. The van der Waals surface area contributed by atoms with Gasteiger partial charge in [-0.1, -0.05) is 24.3 Å². The van der Waals surface area contributed by atoms with Gasteiger partial charge in [-0.2, -0.15) is 4.39 Å². The van der Waals surface area contributed by atoms with Crippen LogP contribution in [0.2, 0.25) is 0 Å². The number of rotatable bonds is 3. The van der Waals surface area contributed by atoms with Crippen molar-refractivity contribution in [2.45, 2.75) is 6.42 Å². The number of benzene rings is 1. The third kappa shape index (κ3) is 2.40. The Morgan fingerprint density at radius 1 is 1.05 bits per heavy atom. The number of nitrogens with zero attached hydrogens (tertiary/aromatic N) is 2. The normalized spacial score (nSPS) is 10.7. The van der Waals surface area contributed by atoms with Gasteiger partial charge >= 0.3 is 0 Å². The van der Waals surface area contributed by atoms with E-state index in [0.717, 1.165) is 16.5 Å². The van der Waals surface area contributed by atoms with Gasteiger partial charge in [0.2, 0.25) is 5.95 Å². The molecule has 3 aromatic rings. The van der Waals surface area contributed by atoms with Crippen molar-refractivity contribution in [2.24, 2.45) is 0 Å². The second kappa shape index (κ2) is 5.17. The van der Waals surface area contributed by atoms with Gasteiger partial charge in [-0.3, -0.25) is 9.78 Å². The first kappa shape index (κ1) is 12.4. The second-order valence-corrected chi connectivity index (χ2v) is 4.43. The molecule has 4 heteroatoms. The van der Waals surface area contributed by atoms with E-state index in [2.05, 4.69) is 9.97 Å². The lowest BCUT2D eigenvalue weighted by molar-refractivity contribution is 0.0987. The summed E-state index contributed by atoms with van der Waals surface area (Å²) in [5.41, 5.74) is 1.85. The van der Waals surface area contributed by atoms with Gasteiger partial charge in [-0.05, 0) is 29.8 Å². The Hall–Kier alpha value is -2.62. The summed E-state index contributed by atoms with van der Waals surface area (Å²) in [6.07, 6.45) is 1.85. The SMILES string of the molecule is O=C(Cc1ccnc2ccccc12)c1cccc(F)n1. The van der Waals surface area contributed by atoms with E-state index >= 15 is 0 Å². The molecule has 2 aromatic heterocycles. The summed E-state index contributed by atoms with van der Waals surface area (Å²) in [6.45, 7) is 0. The van der Waals surface area contributed by atoms with Gasteiger partial charge in [0.15, 0.2) is 5.78 Å². The molecule has 0 N–H and O–H groups in total. The van der Waals surface area contributed by atoms with E-state index in [-0.39, 0.29) is 17.9 Å². The van der Waals surface area contributed by atoms with Gasteiger partial charge in [0, 0.05) is 18.0 Å². The lowest BCUT2D eigenvalue weighted by Crippen LogP contribution is -2.07. The third-order valence-corrected chi connectivity index (χ3v) is 3.09. The molecule has 0 aliphatic rings. The van der Waals surface area contributed by atoms with Crippen molar-refractivity contribution in [1.29, 1.82) is 0 Å². The first-order valence-electron chi connectivity index (χ1n) is 6.22. The number of fused-ring (bicyclic) bond motifs is 1. The molecule has 1 aromatic carbocycles. The van der Waals surface area contributed by atoms with Gasteiger partial charge in [0.1, 0.15) is 5.69 Å². The highest BCUT2D eigenvalue weighted by molar-refractivity contribution is 5.98. The maximum Gasteiger partial charge on any atom is 0.213 e. The van der Waals surface area contributed by atoms with E-state index < -0.39 is 5.95 Å². The van der Waals surface area contributed by atoms with Gasteiger partial charge in [-0.25, -0.2) is 4.98 Å². The van der Waals surface area contributed by atoms with E-state index in [0.29, 0.717) is 0 Å². The minimum atomic E-state index is -0.643. The number of hydrogen-bond acceptors (Lipinski definition) is 3. The van der Waals surface area contributed by atoms with Crippen LogP contribution in [0.15, 0.2) is 54.7 Å². The monoisotopic (exact) mass is 266 g/mol. The van der Waals surface area contributed by atoms with E-state index in [1.54, 1.807) is 12.3 Å². The number of pyridine rings is 2. The first-order valence-corrected chi connectivity index (χ1v) is 6.22. The van der Waals surface area contributed by atoms with Gasteiger partial charge in [0.25, 0.3) is 0 Å².